The second-order valence-corrected chi connectivity index (χ2v) is 4.17. The van der Waals surface area contributed by atoms with Gasteiger partial charge in [-0.05, 0) is 53.9 Å². The molecule has 0 aliphatic carbocycles. The molecule has 1 rings (SSSR count). The lowest BCUT2D eigenvalue weighted by Crippen LogP contribution is -2.11. The van der Waals surface area contributed by atoms with Crippen molar-refractivity contribution in [3.8, 4) is 0 Å². The zero-order valence-corrected chi connectivity index (χ0v) is 9.57. The lowest BCUT2D eigenvalue weighted by molar-refractivity contribution is 0.584. The predicted octanol–water partition coefficient (Wildman–Crippen LogP) is 3.22. The number of nitrogens with two attached hydrogens (primary N) is 1. The molecule has 1 aromatic rings. The fraction of sp³-hybridized carbons (Fsp3) is 0.400. The Labute approximate surface area is 86.3 Å². The van der Waals surface area contributed by atoms with E-state index in [1.54, 1.807) is 13.0 Å². The molecule has 0 saturated heterocycles. The standard InChI is InChI=1S/C10H13BrFN/c1-5-4-8(11)10(12)9(6(5)2)7(3)13/h4,7H,13H2,1-3H3. The molecule has 0 spiro atoms. The Morgan fingerprint density at radius 2 is 2.00 bits per heavy atom. The van der Waals surface area contributed by atoms with Crippen molar-refractivity contribution in [3.05, 3.63) is 33.0 Å². The van der Waals surface area contributed by atoms with E-state index in [9.17, 15) is 4.39 Å². The van der Waals surface area contributed by atoms with E-state index < -0.39 is 0 Å². The van der Waals surface area contributed by atoms with Crippen molar-refractivity contribution in [2.45, 2.75) is 26.8 Å². The maximum Gasteiger partial charge on any atom is 0.142 e. The van der Waals surface area contributed by atoms with E-state index >= 15 is 0 Å². The first-order valence-corrected chi connectivity index (χ1v) is 4.95. The highest BCUT2D eigenvalue weighted by molar-refractivity contribution is 9.10. The fourth-order valence-corrected chi connectivity index (χ4v) is 1.97. The summed E-state index contributed by atoms with van der Waals surface area (Å²) in [4.78, 5) is 0. The second-order valence-electron chi connectivity index (χ2n) is 3.32. The van der Waals surface area contributed by atoms with E-state index in [1.165, 1.54) is 0 Å². The van der Waals surface area contributed by atoms with Crippen LogP contribution in [0.4, 0.5) is 4.39 Å². The average molecular weight is 246 g/mol. The zero-order valence-electron chi connectivity index (χ0n) is 7.99. The highest BCUT2D eigenvalue weighted by Crippen LogP contribution is 2.28. The topological polar surface area (TPSA) is 26.0 Å². The summed E-state index contributed by atoms with van der Waals surface area (Å²) in [6.07, 6.45) is 0. The molecule has 0 aliphatic rings. The van der Waals surface area contributed by atoms with Crippen LogP contribution in [0.1, 0.15) is 29.7 Å². The van der Waals surface area contributed by atoms with Crippen LogP contribution in [0.2, 0.25) is 0 Å². The highest BCUT2D eigenvalue weighted by atomic mass is 79.9. The minimum absolute atomic E-state index is 0.238. The Bertz CT molecular complexity index is 308. The van der Waals surface area contributed by atoms with Crippen LogP contribution < -0.4 is 5.73 Å². The minimum atomic E-state index is -0.267. The monoisotopic (exact) mass is 245 g/mol. The molecule has 0 fully saturated rings. The third kappa shape index (κ3) is 1.92. The SMILES string of the molecule is Cc1cc(Br)c(F)c(C(C)N)c1C. The van der Waals surface area contributed by atoms with Crippen LogP contribution >= 0.6 is 15.9 Å². The van der Waals surface area contributed by atoms with Crippen LogP contribution in [0.15, 0.2) is 10.5 Å². The first-order chi connectivity index (χ1) is 5.95. The molecule has 2 N–H and O–H groups in total. The van der Waals surface area contributed by atoms with Gasteiger partial charge in [-0.2, -0.15) is 0 Å². The number of aryl methyl sites for hydroxylation is 1. The molecule has 13 heavy (non-hydrogen) atoms. The molecule has 0 aliphatic heterocycles. The van der Waals surface area contributed by atoms with Gasteiger partial charge in [0, 0.05) is 11.6 Å². The number of rotatable bonds is 1. The van der Waals surface area contributed by atoms with Gasteiger partial charge < -0.3 is 5.73 Å². The second kappa shape index (κ2) is 3.76. The summed E-state index contributed by atoms with van der Waals surface area (Å²) in [5, 5.41) is 0. The molecule has 0 aromatic heterocycles. The average Bonchev–Trinajstić information content (AvgIpc) is 2.01. The van der Waals surface area contributed by atoms with Crippen molar-refractivity contribution in [2.24, 2.45) is 5.73 Å². The summed E-state index contributed by atoms with van der Waals surface area (Å²) in [5.41, 5.74) is 8.29. The predicted molar refractivity (Wildman–Crippen MR) is 56.2 cm³/mol. The molecule has 1 aromatic carbocycles. The Balaban J connectivity index is 3.46. The van der Waals surface area contributed by atoms with Crippen molar-refractivity contribution in [1.29, 1.82) is 0 Å². The molecule has 1 atom stereocenters. The quantitative estimate of drug-likeness (QED) is 0.808. The molecule has 1 nitrogen and oxygen atoms in total. The van der Waals surface area contributed by atoms with Gasteiger partial charge >= 0.3 is 0 Å². The van der Waals surface area contributed by atoms with E-state index in [0.717, 1.165) is 11.1 Å². The van der Waals surface area contributed by atoms with Crippen LogP contribution in [0.25, 0.3) is 0 Å². The first-order valence-electron chi connectivity index (χ1n) is 4.15. The van der Waals surface area contributed by atoms with Gasteiger partial charge in [-0.25, -0.2) is 4.39 Å². The van der Waals surface area contributed by atoms with Crippen molar-refractivity contribution < 1.29 is 4.39 Å². The molecule has 0 saturated carbocycles. The van der Waals surface area contributed by atoms with E-state index in [2.05, 4.69) is 15.9 Å². The van der Waals surface area contributed by atoms with Crippen LogP contribution in [0.5, 0.6) is 0 Å². The highest BCUT2D eigenvalue weighted by Gasteiger charge is 2.14. The lowest BCUT2D eigenvalue weighted by atomic mass is 9.98. The third-order valence-electron chi connectivity index (χ3n) is 2.24. The van der Waals surface area contributed by atoms with Crippen LogP contribution in [0.3, 0.4) is 0 Å². The molecule has 1 unspecified atom stereocenters. The van der Waals surface area contributed by atoms with Gasteiger partial charge in [-0.1, -0.05) is 0 Å². The summed E-state index contributed by atoms with van der Waals surface area (Å²) in [7, 11) is 0. The summed E-state index contributed by atoms with van der Waals surface area (Å²) in [6, 6.07) is 1.51. The van der Waals surface area contributed by atoms with Gasteiger partial charge in [0.1, 0.15) is 5.82 Å². The van der Waals surface area contributed by atoms with Gasteiger partial charge in [0.25, 0.3) is 0 Å². The van der Waals surface area contributed by atoms with Gasteiger partial charge in [-0.15, -0.1) is 0 Å². The summed E-state index contributed by atoms with van der Waals surface area (Å²) in [6.45, 7) is 5.63. The first kappa shape index (κ1) is 10.7. The maximum atomic E-state index is 13.6. The van der Waals surface area contributed by atoms with Gasteiger partial charge in [0.05, 0.1) is 4.47 Å². The number of hydrogen-bond acceptors (Lipinski definition) is 1. The molecule has 72 valence electrons. The molecule has 0 heterocycles. The van der Waals surface area contributed by atoms with Crippen molar-refractivity contribution in [3.63, 3.8) is 0 Å². The summed E-state index contributed by atoms with van der Waals surface area (Å²) >= 11 is 3.17. The van der Waals surface area contributed by atoms with Crippen LogP contribution in [-0.4, -0.2) is 0 Å². The minimum Gasteiger partial charge on any atom is -0.324 e. The summed E-state index contributed by atoms with van der Waals surface area (Å²) in [5.74, 6) is -0.238. The lowest BCUT2D eigenvalue weighted by Gasteiger charge is -2.14. The fourth-order valence-electron chi connectivity index (χ4n) is 1.41. The van der Waals surface area contributed by atoms with E-state index in [0.29, 0.717) is 10.0 Å². The Morgan fingerprint density at radius 1 is 1.46 bits per heavy atom. The molecule has 0 bridgehead atoms. The summed E-state index contributed by atoms with van der Waals surface area (Å²) < 4.78 is 14.1. The molecular formula is C10H13BrFN. The van der Waals surface area contributed by atoms with Crippen molar-refractivity contribution in [1.82, 2.24) is 0 Å². The number of benzene rings is 1. The van der Waals surface area contributed by atoms with Crippen LogP contribution in [-0.2, 0) is 0 Å². The zero-order chi connectivity index (χ0) is 10.2. The van der Waals surface area contributed by atoms with Gasteiger partial charge in [0.15, 0.2) is 0 Å². The van der Waals surface area contributed by atoms with E-state index in [1.807, 2.05) is 13.8 Å². The van der Waals surface area contributed by atoms with Crippen molar-refractivity contribution in [2.75, 3.05) is 0 Å². The largest absolute Gasteiger partial charge is 0.324 e. The number of halogens is 2. The van der Waals surface area contributed by atoms with Crippen molar-refractivity contribution >= 4 is 15.9 Å². The maximum absolute atomic E-state index is 13.6. The molecule has 0 amide bonds. The van der Waals surface area contributed by atoms with E-state index in [-0.39, 0.29) is 11.9 Å². The Morgan fingerprint density at radius 3 is 2.46 bits per heavy atom. The normalized spacial score (nSPS) is 13.1. The van der Waals surface area contributed by atoms with E-state index in [4.69, 9.17) is 5.73 Å². The molecular weight excluding hydrogens is 233 g/mol. The molecule has 0 radical (unpaired) electrons. The Kier molecular flexibility index (Phi) is 3.09. The van der Waals surface area contributed by atoms with Gasteiger partial charge in [0.2, 0.25) is 0 Å². The Hall–Kier alpha value is -0.410. The smallest absolute Gasteiger partial charge is 0.142 e. The number of hydrogen-bond donors (Lipinski definition) is 1. The van der Waals surface area contributed by atoms with Gasteiger partial charge in [-0.3, -0.25) is 0 Å². The van der Waals surface area contributed by atoms with Crippen LogP contribution in [0, 0.1) is 19.7 Å². The third-order valence-corrected chi connectivity index (χ3v) is 2.82. The molecule has 3 heteroatoms.